The number of hydrogen-bond acceptors (Lipinski definition) is 7. The van der Waals surface area contributed by atoms with Gasteiger partial charge in [0.05, 0.1) is 17.7 Å². The average Bonchev–Trinajstić information content (AvgIpc) is 2.71. The molecule has 1 aromatic carbocycles. The van der Waals surface area contributed by atoms with E-state index in [2.05, 4.69) is 21.3 Å². The Hall–Kier alpha value is -2.49. The third kappa shape index (κ3) is 6.52. The molecule has 33 heavy (non-hydrogen) atoms. The number of hydrogen-bond donors (Lipinski definition) is 6. The van der Waals surface area contributed by atoms with Crippen molar-refractivity contribution in [2.75, 3.05) is 19.6 Å². The number of amides is 2. The summed E-state index contributed by atoms with van der Waals surface area (Å²) in [4.78, 5) is 39.5. The van der Waals surface area contributed by atoms with E-state index >= 15 is 0 Å². The van der Waals surface area contributed by atoms with Gasteiger partial charge in [0.1, 0.15) is 11.8 Å². The van der Waals surface area contributed by atoms with Crippen LogP contribution in [0.3, 0.4) is 0 Å². The number of benzene rings is 1. The van der Waals surface area contributed by atoms with Crippen LogP contribution in [0.2, 0.25) is 0 Å². The predicted molar refractivity (Wildman–Crippen MR) is 124 cm³/mol. The van der Waals surface area contributed by atoms with Gasteiger partial charge in [-0.1, -0.05) is 26.0 Å². The molecule has 0 unspecified atom stereocenters. The Morgan fingerprint density at radius 2 is 1.70 bits per heavy atom. The van der Waals surface area contributed by atoms with Gasteiger partial charge >= 0.3 is 0 Å². The molecule has 1 aromatic rings. The molecular formula is C24H36N4O5. The Kier molecular flexibility index (Phi) is 8.10. The third-order valence-electron chi connectivity index (χ3n) is 6.40. The molecule has 0 radical (unpaired) electrons. The number of aromatic hydroxyl groups is 1. The third-order valence-corrected chi connectivity index (χ3v) is 6.40. The maximum absolute atomic E-state index is 13.3. The number of phenolic OH excluding ortho intramolecular Hbond substituents is 1. The standard InChI is InChI=1S/C24H36N4O5/c1-14(2)8-19-20(31)10-17(9-16-4-6-18(30)7-5-16)22(32)26-13-24(11-25-12-24)28-21(15(3)29)23(33)27-19/h4-7,14-15,17,19,21,25,28-30H,8-13H2,1-3H3,(H,26,32)(H,27,33)/t15-,17-,19+,21+/m1/s1. The lowest BCUT2D eigenvalue weighted by Crippen LogP contribution is -2.76. The van der Waals surface area contributed by atoms with E-state index in [0.29, 0.717) is 25.9 Å². The van der Waals surface area contributed by atoms with Crippen molar-refractivity contribution in [3.63, 3.8) is 0 Å². The van der Waals surface area contributed by atoms with E-state index in [1.165, 1.54) is 6.92 Å². The van der Waals surface area contributed by atoms with Gasteiger partial charge in [0, 0.05) is 32.0 Å². The Morgan fingerprint density at radius 3 is 2.24 bits per heavy atom. The highest BCUT2D eigenvalue weighted by Crippen LogP contribution is 2.21. The number of aliphatic hydroxyl groups excluding tert-OH is 1. The number of carbonyl (C=O) groups is 3. The van der Waals surface area contributed by atoms with Crippen LogP contribution in [0.4, 0.5) is 0 Å². The van der Waals surface area contributed by atoms with Gasteiger partial charge in [-0.25, -0.2) is 0 Å². The molecule has 2 amide bonds. The Bertz CT molecular complexity index is 851. The van der Waals surface area contributed by atoms with Gasteiger partial charge in [-0.05, 0) is 43.4 Å². The molecule has 2 aliphatic heterocycles. The number of ketones is 1. The molecule has 2 aliphatic rings. The monoisotopic (exact) mass is 460 g/mol. The lowest BCUT2D eigenvalue weighted by molar-refractivity contribution is -0.134. The van der Waals surface area contributed by atoms with Crippen LogP contribution in [0.1, 0.15) is 39.2 Å². The quantitative estimate of drug-likeness (QED) is 0.359. The number of aliphatic hydroxyl groups is 1. The summed E-state index contributed by atoms with van der Waals surface area (Å²) in [6.45, 7) is 6.83. The van der Waals surface area contributed by atoms with Gasteiger partial charge in [-0.15, -0.1) is 0 Å². The second-order valence-corrected chi connectivity index (χ2v) is 9.89. The minimum atomic E-state index is -0.974. The highest BCUT2D eigenvalue weighted by atomic mass is 16.3. The number of carbonyl (C=O) groups excluding carboxylic acids is 3. The van der Waals surface area contributed by atoms with Crippen LogP contribution in [0, 0.1) is 11.8 Å². The van der Waals surface area contributed by atoms with Crippen molar-refractivity contribution in [1.29, 1.82) is 0 Å². The Labute approximate surface area is 194 Å². The molecule has 9 heteroatoms. The SMILES string of the molecule is CC(C)C[C@@H]1NC(=O)[C@H]([C@@H](C)O)NC2(CNC2)CNC(=O)[C@H](Cc2ccc(O)cc2)CC1=O. The maximum atomic E-state index is 13.3. The second-order valence-electron chi connectivity index (χ2n) is 9.89. The van der Waals surface area contributed by atoms with Crippen LogP contribution >= 0.6 is 0 Å². The molecule has 2 saturated heterocycles. The summed E-state index contributed by atoms with van der Waals surface area (Å²) in [5, 5.41) is 32.1. The van der Waals surface area contributed by atoms with Crippen LogP contribution < -0.4 is 21.3 Å². The van der Waals surface area contributed by atoms with Crippen molar-refractivity contribution in [2.24, 2.45) is 11.8 Å². The molecular weight excluding hydrogens is 424 g/mol. The van der Waals surface area contributed by atoms with Crippen molar-refractivity contribution >= 4 is 17.6 Å². The second kappa shape index (κ2) is 10.6. The summed E-state index contributed by atoms with van der Waals surface area (Å²) >= 11 is 0. The molecule has 3 rings (SSSR count). The number of Topliss-reactive ketones (excluding diaryl/α,β-unsaturated/α-hetero) is 1. The molecule has 6 N–H and O–H groups in total. The van der Waals surface area contributed by atoms with Gasteiger partial charge in [-0.2, -0.15) is 0 Å². The van der Waals surface area contributed by atoms with Gasteiger partial charge < -0.3 is 26.2 Å². The molecule has 0 bridgehead atoms. The van der Waals surface area contributed by atoms with Gasteiger partial charge in [0.15, 0.2) is 5.78 Å². The van der Waals surface area contributed by atoms with Crippen LogP contribution in [-0.4, -0.2) is 71.2 Å². The first kappa shape index (κ1) is 25.1. The average molecular weight is 461 g/mol. The van der Waals surface area contributed by atoms with Crippen molar-refractivity contribution < 1.29 is 24.6 Å². The van der Waals surface area contributed by atoms with E-state index < -0.39 is 35.6 Å². The molecule has 9 nitrogen and oxygen atoms in total. The molecule has 1 spiro atoms. The smallest absolute Gasteiger partial charge is 0.240 e. The zero-order valence-corrected chi connectivity index (χ0v) is 19.6. The highest BCUT2D eigenvalue weighted by molar-refractivity contribution is 5.94. The van der Waals surface area contributed by atoms with E-state index in [1.807, 2.05) is 13.8 Å². The van der Waals surface area contributed by atoms with E-state index in [1.54, 1.807) is 24.3 Å². The van der Waals surface area contributed by atoms with Gasteiger partial charge in [0.25, 0.3) is 0 Å². The lowest BCUT2D eigenvalue weighted by Gasteiger charge is -2.46. The van der Waals surface area contributed by atoms with Crippen molar-refractivity contribution in [1.82, 2.24) is 21.3 Å². The summed E-state index contributed by atoms with van der Waals surface area (Å²) in [6.07, 6.45) is -0.201. The van der Waals surface area contributed by atoms with Crippen LogP contribution in [0.25, 0.3) is 0 Å². The van der Waals surface area contributed by atoms with Crippen molar-refractivity contribution in [3.05, 3.63) is 29.8 Å². The minimum Gasteiger partial charge on any atom is -0.508 e. The van der Waals surface area contributed by atoms with Crippen molar-refractivity contribution in [2.45, 2.75) is 63.8 Å². The van der Waals surface area contributed by atoms with Gasteiger partial charge in [0.2, 0.25) is 11.8 Å². The summed E-state index contributed by atoms with van der Waals surface area (Å²) in [5.41, 5.74) is 0.277. The molecule has 0 aromatic heterocycles. The molecule has 2 fully saturated rings. The predicted octanol–water partition coefficient (Wildman–Crippen LogP) is -0.148. The Morgan fingerprint density at radius 1 is 1.03 bits per heavy atom. The normalized spacial score (nSPS) is 27.2. The first-order valence-electron chi connectivity index (χ1n) is 11.6. The van der Waals surface area contributed by atoms with E-state index in [-0.39, 0.29) is 36.3 Å². The van der Waals surface area contributed by atoms with E-state index in [9.17, 15) is 24.6 Å². The fourth-order valence-corrected chi connectivity index (χ4v) is 4.40. The summed E-state index contributed by atoms with van der Waals surface area (Å²) in [5.74, 6) is -1.18. The number of rotatable bonds is 5. The molecule has 2 heterocycles. The highest BCUT2D eigenvalue weighted by Gasteiger charge is 2.43. The molecule has 0 saturated carbocycles. The largest absolute Gasteiger partial charge is 0.508 e. The summed E-state index contributed by atoms with van der Waals surface area (Å²) < 4.78 is 0. The Balaban J connectivity index is 1.89. The number of phenols is 1. The zero-order chi connectivity index (χ0) is 24.2. The first-order chi connectivity index (χ1) is 15.6. The van der Waals surface area contributed by atoms with Crippen LogP contribution in [0.15, 0.2) is 24.3 Å². The van der Waals surface area contributed by atoms with Crippen molar-refractivity contribution in [3.8, 4) is 5.75 Å². The lowest BCUT2D eigenvalue weighted by atomic mass is 9.86. The topological polar surface area (TPSA) is 140 Å². The first-order valence-corrected chi connectivity index (χ1v) is 11.6. The zero-order valence-electron chi connectivity index (χ0n) is 19.6. The summed E-state index contributed by atoms with van der Waals surface area (Å²) in [6, 6.07) is 4.94. The fourth-order valence-electron chi connectivity index (χ4n) is 4.40. The molecule has 182 valence electrons. The van der Waals surface area contributed by atoms with E-state index in [0.717, 1.165) is 5.56 Å². The molecule has 4 atom stereocenters. The minimum absolute atomic E-state index is 0.0115. The van der Waals surface area contributed by atoms with Crippen LogP contribution in [0.5, 0.6) is 5.75 Å². The molecule has 0 aliphatic carbocycles. The number of nitrogens with one attached hydrogen (secondary N) is 4. The maximum Gasteiger partial charge on any atom is 0.240 e. The van der Waals surface area contributed by atoms with E-state index in [4.69, 9.17) is 0 Å². The van der Waals surface area contributed by atoms with Crippen LogP contribution in [-0.2, 0) is 20.8 Å². The summed E-state index contributed by atoms with van der Waals surface area (Å²) in [7, 11) is 0. The van der Waals surface area contributed by atoms with Gasteiger partial charge in [-0.3, -0.25) is 19.7 Å². The fraction of sp³-hybridized carbons (Fsp3) is 0.625.